The number of benzene rings is 4. The summed E-state index contributed by atoms with van der Waals surface area (Å²) in [4.78, 5) is 12.8. The molecular formula is C26H23N3O6S. The molecule has 1 amide bonds. The number of anilines is 1. The number of phenolic OH excluding ortho intramolecular Hbond substituents is 1. The fourth-order valence-corrected chi connectivity index (χ4v) is 4.59. The quantitative estimate of drug-likeness (QED) is 0.249. The number of aryl methyl sites for hydroxylation is 1. The highest BCUT2D eigenvalue weighted by Gasteiger charge is 2.19. The van der Waals surface area contributed by atoms with Crippen molar-refractivity contribution in [2.24, 2.45) is 10.2 Å². The molecule has 0 aliphatic rings. The van der Waals surface area contributed by atoms with Crippen molar-refractivity contribution in [2.45, 2.75) is 11.8 Å². The molecule has 0 fully saturated rings. The van der Waals surface area contributed by atoms with Gasteiger partial charge >= 0.3 is 0 Å². The van der Waals surface area contributed by atoms with Crippen LogP contribution in [0, 0.1) is 6.92 Å². The van der Waals surface area contributed by atoms with Gasteiger partial charge in [-0.25, -0.2) is 8.42 Å². The number of carbonyl (C=O) groups excluding carboxylic acids is 1. The second kappa shape index (κ2) is 10.0. The molecule has 4 rings (SSSR count). The summed E-state index contributed by atoms with van der Waals surface area (Å²) in [7, 11) is -1.03. The standard InChI is InChI=1S/C26H23N3O6S/c1-16-8-10-20(11-9-16)36(32,33)29-23-15-24(25(30)22-7-5-4-6-21(22)23)27-28-26(31)17-12-18(34-2)14-19(13-17)35-3/h4-15,29-30H,1-3H3. The van der Waals surface area contributed by atoms with Crippen LogP contribution in [0.3, 0.4) is 0 Å². The number of ether oxygens (including phenoxy) is 2. The fraction of sp³-hybridized carbons (Fsp3) is 0.115. The largest absolute Gasteiger partial charge is 0.505 e. The first-order valence-corrected chi connectivity index (χ1v) is 12.2. The Morgan fingerprint density at radius 2 is 1.50 bits per heavy atom. The fourth-order valence-electron chi connectivity index (χ4n) is 3.51. The lowest BCUT2D eigenvalue weighted by atomic mass is 10.1. The summed E-state index contributed by atoms with van der Waals surface area (Å²) < 4.78 is 38.9. The molecule has 184 valence electrons. The highest BCUT2D eigenvalue weighted by molar-refractivity contribution is 7.92. The smallest absolute Gasteiger partial charge is 0.295 e. The Bertz CT molecular complexity index is 1560. The topological polar surface area (TPSA) is 127 Å². The van der Waals surface area contributed by atoms with E-state index in [-0.39, 0.29) is 27.6 Å². The van der Waals surface area contributed by atoms with E-state index < -0.39 is 15.9 Å². The Labute approximate surface area is 208 Å². The van der Waals surface area contributed by atoms with Crippen LogP contribution in [-0.4, -0.2) is 33.7 Å². The highest BCUT2D eigenvalue weighted by Crippen LogP contribution is 2.40. The summed E-state index contributed by atoms with van der Waals surface area (Å²) in [5.74, 6) is -0.159. The molecule has 36 heavy (non-hydrogen) atoms. The van der Waals surface area contributed by atoms with Gasteiger partial charge in [-0.2, -0.15) is 0 Å². The van der Waals surface area contributed by atoms with Gasteiger partial charge in [0, 0.05) is 16.8 Å². The Hall–Kier alpha value is -4.44. The van der Waals surface area contributed by atoms with Crippen molar-refractivity contribution in [1.82, 2.24) is 0 Å². The van der Waals surface area contributed by atoms with E-state index in [1.807, 2.05) is 6.92 Å². The maximum Gasteiger partial charge on any atom is 0.295 e. The minimum absolute atomic E-state index is 0.0792. The summed E-state index contributed by atoms with van der Waals surface area (Å²) in [6.07, 6.45) is 0. The van der Waals surface area contributed by atoms with Gasteiger partial charge in [0.15, 0.2) is 5.75 Å². The lowest BCUT2D eigenvalue weighted by molar-refractivity contribution is 0.0994. The number of carbonyl (C=O) groups is 1. The first-order chi connectivity index (χ1) is 17.2. The molecule has 0 saturated carbocycles. The molecule has 0 aliphatic carbocycles. The van der Waals surface area contributed by atoms with Crippen molar-refractivity contribution in [3.8, 4) is 17.2 Å². The number of azo groups is 1. The van der Waals surface area contributed by atoms with Crippen LogP contribution in [0.15, 0.2) is 87.9 Å². The Morgan fingerprint density at radius 1 is 0.889 bits per heavy atom. The number of fused-ring (bicyclic) bond motifs is 1. The molecule has 10 heteroatoms. The van der Waals surface area contributed by atoms with E-state index in [9.17, 15) is 18.3 Å². The zero-order valence-electron chi connectivity index (χ0n) is 19.7. The highest BCUT2D eigenvalue weighted by atomic mass is 32.2. The summed E-state index contributed by atoms with van der Waals surface area (Å²) >= 11 is 0. The molecule has 0 saturated heterocycles. The van der Waals surface area contributed by atoms with Crippen molar-refractivity contribution < 1.29 is 27.8 Å². The zero-order chi connectivity index (χ0) is 25.9. The lowest BCUT2D eigenvalue weighted by Gasteiger charge is -2.13. The molecule has 0 aliphatic heterocycles. The first kappa shape index (κ1) is 24.7. The van der Waals surface area contributed by atoms with Crippen LogP contribution in [0.4, 0.5) is 11.4 Å². The number of hydrogen-bond donors (Lipinski definition) is 2. The van der Waals surface area contributed by atoms with Gasteiger partial charge in [0.2, 0.25) is 0 Å². The van der Waals surface area contributed by atoms with Gasteiger partial charge in [-0.15, -0.1) is 10.2 Å². The second-order valence-corrected chi connectivity index (χ2v) is 9.54. The van der Waals surface area contributed by atoms with Gasteiger partial charge in [0.1, 0.15) is 17.2 Å². The molecule has 0 heterocycles. The Balaban J connectivity index is 1.74. The van der Waals surface area contributed by atoms with Gasteiger partial charge in [-0.3, -0.25) is 9.52 Å². The van der Waals surface area contributed by atoms with Gasteiger partial charge in [-0.1, -0.05) is 42.0 Å². The van der Waals surface area contributed by atoms with Crippen LogP contribution in [0.1, 0.15) is 15.9 Å². The number of nitrogens with one attached hydrogen (secondary N) is 1. The molecule has 4 aromatic rings. The molecular weight excluding hydrogens is 482 g/mol. The van der Waals surface area contributed by atoms with E-state index >= 15 is 0 Å². The molecule has 0 spiro atoms. The number of aromatic hydroxyl groups is 1. The number of methoxy groups -OCH3 is 2. The first-order valence-electron chi connectivity index (χ1n) is 10.7. The monoisotopic (exact) mass is 505 g/mol. The van der Waals surface area contributed by atoms with Crippen LogP contribution in [0.2, 0.25) is 0 Å². The van der Waals surface area contributed by atoms with Gasteiger partial charge in [0.05, 0.1) is 30.4 Å². The summed E-state index contributed by atoms with van der Waals surface area (Å²) in [6.45, 7) is 1.86. The molecule has 2 N–H and O–H groups in total. The number of rotatable bonds is 7. The minimum Gasteiger partial charge on any atom is -0.505 e. The predicted molar refractivity (Wildman–Crippen MR) is 136 cm³/mol. The van der Waals surface area contributed by atoms with Crippen molar-refractivity contribution in [3.63, 3.8) is 0 Å². The third-order valence-corrected chi connectivity index (χ3v) is 6.80. The van der Waals surface area contributed by atoms with Crippen LogP contribution in [0.5, 0.6) is 17.2 Å². The maximum absolute atomic E-state index is 13.0. The maximum atomic E-state index is 13.0. The average molecular weight is 506 g/mol. The van der Waals surface area contributed by atoms with E-state index in [4.69, 9.17) is 9.47 Å². The third-order valence-electron chi connectivity index (χ3n) is 5.42. The molecule has 0 radical (unpaired) electrons. The molecule has 4 aromatic carbocycles. The van der Waals surface area contributed by atoms with E-state index in [1.54, 1.807) is 42.5 Å². The molecule has 0 bridgehead atoms. The number of sulfonamides is 1. The van der Waals surface area contributed by atoms with Crippen molar-refractivity contribution in [3.05, 3.63) is 83.9 Å². The van der Waals surface area contributed by atoms with E-state index in [1.165, 1.54) is 44.6 Å². The zero-order valence-corrected chi connectivity index (χ0v) is 20.5. The normalized spacial score (nSPS) is 11.5. The SMILES string of the molecule is COc1cc(OC)cc(C(=O)N=Nc2cc(NS(=O)(=O)c3ccc(C)cc3)c3ccccc3c2O)c1. The number of amides is 1. The van der Waals surface area contributed by atoms with Crippen LogP contribution >= 0.6 is 0 Å². The van der Waals surface area contributed by atoms with Crippen LogP contribution in [0.25, 0.3) is 10.8 Å². The lowest BCUT2D eigenvalue weighted by Crippen LogP contribution is -2.13. The Kier molecular flexibility index (Phi) is 6.89. The second-order valence-electron chi connectivity index (χ2n) is 7.86. The van der Waals surface area contributed by atoms with E-state index in [2.05, 4.69) is 15.0 Å². The van der Waals surface area contributed by atoms with Crippen molar-refractivity contribution >= 4 is 38.1 Å². The van der Waals surface area contributed by atoms with E-state index in [0.717, 1.165) is 5.56 Å². The summed E-state index contributed by atoms with van der Waals surface area (Å²) in [6, 6.07) is 19.0. The molecule has 0 atom stereocenters. The minimum atomic E-state index is -3.94. The van der Waals surface area contributed by atoms with Crippen molar-refractivity contribution in [2.75, 3.05) is 18.9 Å². The van der Waals surface area contributed by atoms with Crippen LogP contribution < -0.4 is 14.2 Å². The van der Waals surface area contributed by atoms with Gasteiger partial charge < -0.3 is 14.6 Å². The van der Waals surface area contributed by atoms with Gasteiger partial charge in [-0.05, 0) is 37.3 Å². The third kappa shape index (κ3) is 5.13. The van der Waals surface area contributed by atoms with Crippen molar-refractivity contribution in [1.29, 1.82) is 0 Å². The summed E-state index contributed by atoms with van der Waals surface area (Å²) in [5.41, 5.74) is 1.17. The Morgan fingerprint density at radius 3 is 2.11 bits per heavy atom. The van der Waals surface area contributed by atoms with Gasteiger partial charge in [0.25, 0.3) is 15.9 Å². The molecule has 0 aromatic heterocycles. The van der Waals surface area contributed by atoms with E-state index in [0.29, 0.717) is 22.3 Å². The number of phenols is 1. The average Bonchev–Trinajstić information content (AvgIpc) is 2.89. The number of hydrogen-bond acceptors (Lipinski definition) is 7. The predicted octanol–water partition coefficient (Wildman–Crippen LogP) is 5.60. The number of nitrogens with zero attached hydrogens (tertiary/aromatic N) is 2. The summed E-state index contributed by atoms with van der Waals surface area (Å²) in [5, 5.41) is 19.2. The van der Waals surface area contributed by atoms with Crippen LogP contribution in [-0.2, 0) is 10.0 Å². The molecule has 0 unspecified atom stereocenters. The molecule has 9 nitrogen and oxygen atoms in total.